The highest BCUT2D eigenvalue weighted by Crippen LogP contribution is 2.28. The average molecular weight is 345 g/mol. The van der Waals surface area contributed by atoms with Crippen LogP contribution in [0.1, 0.15) is 5.56 Å². The van der Waals surface area contributed by atoms with Crippen LogP contribution in [-0.4, -0.2) is 7.11 Å². The molecule has 2 aromatic carbocycles. The van der Waals surface area contributed by atoms with E-state index in [9.17, 15) is 4.79 Å². The van der Waals surface area contributed by atoms with Crippen LogP contribution in [0.4, 0.5) is 0 Å². The van der Waals surface area contributed by atoms with Gasteiger partial charge in [-0.25, -0.2) is 0 Å². The van der Waals surface area contributed by atoms with Crippen molar-refractivity contribution in [2.24, 2.45) is 0 Å². The highest BCUT2D eigenvalue weighted by atomic mass is 79.9. The lowest BCUT2D eigenvalue weighted by Gasteiger charge is -2.09. The smallest absolute Gasteiger partial charge is 0.197 e. The van der Waals surface area contributed by atoms with E-state index in [4.69, 9.17) is 9.15 Å². The van der Waals surface area contributed by atoms with Crippen LogP contribution in [0.3, 0.4) is 0 Å². The Hall–Kier alpha value is -2.07. The van der Waals surface area contributed by atoms with Gasteiger partial charge >= 0.3 is 0 Å². The molecule has 3 aromatic rings. The molecule has 0 aliphatic rings. The molecule has 106 valence electrons. The number of alkyl halides is 1. The Labute approximate surface area is 130 Å². The first-order chi connectivity index (χ1) is 10.2. The monoisotopic (exact) mass is 344 g/mol. The van der Waals surface area contributed by atoms with Crippen LogP contribution < -0.4 is 10.2 Å². The van der Waals surface area contributed by atoms with Gasteiger partial charge in [-0.1, -0.05) is 28.1 Å². The number of methoxy groups -OCH3 is 1. The Kier molecular flexibility index (Phi) is 3.80. The fourth-order valence-electron chi connectivity index (χ4n) is 2.28. The van der Waals surface area contributed by atoms with Gasteiger partial charge < -0.3 is 9.15 Å². The largest absolute Gasteiger partial charge is 0.497 e. The van der Waals surface area contributed by atoms with Crippen LogP contribution in [0, 0.1) is 0 Å². The van der Waals surface area contributed by atoms with Gasteiger partial charge in [-0.2, -0.15) is 0 Å². The molecule has 1 aromatic heterocycles. The maximum absolute atomic E-state index is 12.6. The Morgan fingerprint density at radius 1 is 1.10 bits per heavy atom. The Bertz CT molecular complexity index is 835. The molecule has 0 N–H and O–H groups in total. The lowest BCUT2D eigenvalue weighted by Crippen LogP contribution is -2.09. The second-order valence-corrected chi connectivity index (χ2v) is 5.16. The molecular weight excluding hydrogens is 332 g/mol. The van der Waals surface area contributed by atoms with Gasteiger partial charge in [0, 0.05) is 10.9 Å². The Morgan fingerprint density at radius 2 is 1.81 bits per heavy atom. The van der Waals surface area contributed by atoms with Gasteiger partial charge in [0.15, 0.2) is 5.43 Å². The van der Waals surface area contributed by atoms with Gasteiger partial charge in [0.05, 0.1) is 18.1 Å². The second kappa shape index (κ2) is 5.74. The summed E-state index contributed by atoms with van der Waals surface area (Å²) < 4.78 is 11.1. The van der Waals surface area contributed by atoms with Gasteiger partial charge in [-0.3, -0.25) is 4.79 Å². The minimum Gasteiger partial charge on any atom is -0.497 e. The van der Waals surface area contributed by atoms with Crippen LogP contribution >= 0.6 is 15.9 Å². The molecule has 0 saturated heterocycles. The maximum atomic E-state index is 12.6. The van der Waals surface area contributed by atoms with Crippen molar-refractivity contribution in [3.63, 3.8) is 0 Å². The van der Waals surface area contributed by atoms with Crippen molar-refractivity contribution in [1.29, 1.82) is 0 Å². The predicted octanol–water partition coefficient (Wildman–Crippen LogP) is 4.36. The molecule has 0 aliphatic carbocycles. The fraction of sp³-hybridized carbons (Fsp3) is 0.118. The second-order valence-electron chi connectivity index (χ2n) is 4.60. The molecule has 0 bridgehead atoms. The lowest BCUT2D eigenvalue weighted by atomic mass is 10.1. The fourth-order valence-corrected chi connectivity index (χ4v) is 2.79. The van der Waals surface area contributed by atoms with Gasteiger partial charge in [0.25, 0.3) is 0 Å². The van der Waals surface area contributed by atoms with Crippen LogP contribution in [0.5, 0.6) is 5.75 Å². The van der Waals surface area contributed by atoms with Crippen molar-refractivity contribution in [3.05, 3.63) is 64.3 Å². The molecule has 21 heavy (non-hydrogen) atoms. The zero-order valence-electron chi connectivity index (χ0n) is 11.4. The molecule has 3 rings (SSSR count). The van der Waals surface area contributed by atoms with Gasteiger partial charge in [0.1, 0.15) is 17.1 Å². The first kappa shape index (κ1) is 13.9. The average Bonchev–Trinajstić information content (AvgIpc) is 2.55. The number of rotatable bonds is 3. The standard InChI is InChI=1S/C17H13BrO3/c1-20-12-8-6-11(7-9-12)17-14(10-18)16(19)13-4-2-3-5-15(13)21-17/h2-9H,10H2,1H3. The van der Waals surface area contributed by atoms with Gasteiger partial charge in [-0.15, -0.1) is 0 Å². The third-order valence-corrected chi connectivity index (χ3v) is 3.94. The Balaban J connectivity index is 2.27. The first-order valence-electron chi connectivity index (χ1n) is 6.49. The van der Waals surface area contributed by atoms with Crippen LogP contribution in [0.25, 0.3) is 22.3 Å². The van der Waals surface area contributed by atoms with Crippen LogP contribution in [-0.2, 0) is 5.33 Å². The predicted molar refractivity (Wildman–Crippen MR) is 87.1 cm³/mol. The maximum Gasteiger partial charge on any atom is 0.197 e. The molecular formula is C17H13BrO3. The number of hydrogen-bond acceptors (Lipinski definition) is 3. The van der Waals surface area contributed by atoms with E-state index in [1.807, 2.05) is 42.5 Å². The van der Waals surface area contributed by atoms with E-state index in [1.54, 1.807) is 13.2 Å². The summed E-state index contributed by atoms with van der Waals surface area (Å²) in [6, 6.07) is 14.8. The highest BCUT2D eigenvalue weighted by Gasteiger charge is 2.14. The molecule has 0 saturated carbocycles. The van der Waals surface area contributed by atoms with E-state index >= 15 is 0 Å². The van der Waals surface area contributed by atoms with E-state index in [0.717, 1.165) is 11.3 Å². The van der Waals surface area contributed by atoms with Crippen molar-refractivity contribution in [1.82, 2.24) is 0 Å². The number of fused-ring (bicyclic) bond motifs is 1. The summed E-state index contributed by atoms with van der Waals surface area (Å²) in [5, 5.41) is 1.05. The summed E-state index contributed by atoms with van der Waals surface area (Å²) in [6.45, 7) is 0. The molecule has 3 nitrogen and oxygen atoms in total. The number of halogens is 1. The molecule has 0 aliphatic heterocycles. The summed E-state index contributed by atoms with van der Waals surface area (Å²) in [5.41, 5.74) is 2.07. The number of ether oxygens (including phenoxy) is 1. The van der Waals surface area contributed by atoms with Crippen molar-refractivity contribution >= 4 is 26.9 Å². The number of para-hydroxylation sites is 1. The lowest BCUT2D eigenvalue weighted by molar-refractivity contribution is 0.415. The summed E-state index contributed by atoms with van der Waals surface area (Å²) in [5.74, 6) is 1.36. The van der Waals surface area contributed by atoms with Crippen LogP contribution in [0.2, 0.25) is 0 Å². The van der Waals surface area contributed by atoms with E-state index in [0.29, 0.717) is 27.6 Å². The molecule has 0 unspecified atom stereocenters. The third kappa shape index (κ3) is 2.47. The molecule has 4 heteroatoms. The first-order valence-corrected chi connectivity index (χ1v) is 7.62. The third-order valence-electron chi connectivity index (χ3n) is 3.38. The summed E-state index contributed by atoms with van der Waals surface area (Å²) >= 11 is 3.39. The molecule has 0 fully saturated rings. The van der Waals surface area contributed by atoms with Crippen molar-refractivity contribution in [3.8, 4) is 17.1 Å². The molecule has 0 spiro atoms. The Morgan fingerprint density at radius 3 is 2.48 bits per heavy atom. The number of hydrogen-bond donors (Lipinski definition) is 0. The SMILES string of the molecule is COc1ccc(-c2oc3ccccc3c(=O)c2CBr)cc1. The summed E-state index contributed by atoms with van der Waals surface area (Å²) in [7, 11) is 1.62. The van der Waals surface area contributed by atoms with E-state index in [-0.39, 0.29) is 5.43 Å². The summed E-state index contributed by atoms with van der Waals surface area (Å²) in [6.07, 6.45) is 0. The number of benzene rings is 2. The van der Waals surface area contributed by atoms with E-state index in [1.165, 1.54) is 0 Å². The normalized spacial score (nSPS) is 10.8. The quantitative estimate of drug-likeness (QED) is 0.662. The molecule has 0 amide bonds. The van der Waals surface area contributed by atoms with Gasteiger partial charge in [-0.05, 0) is 36.4 Å². The minimum absolute atomic E-state index is 0.000423. The van der Waals surface area contributed by atoms with Crippen molar-refractivity contribution in [2.75, 3.05) is 7.11 Å². The highest BCUT2D eigenvalue weighted by molar-refractivity contribution is 9.08. The minimum atomic E-state index is -0.000423. The van der Waals surface area contributed by atoms with Crippen molar-refractivity contribution in [2.45, 2.75) is 5.33 Å². The molecule has 0 radical (unpaired) electrons. The topological polar surface area (TPSA) is 39.4 Å². The summed E-state index contributed by atoms with van der Waals surface area (Å²) in [4.78, 5) is 12.6. The van der Waals surface area contributed by atoms with E-state index < -0.39 is 0 Å². The van der Waals surface area contributed by atoms with Crippen molar-refractivity contribution < 1.29 is 9.15 Å². The van der Waals surface area contributed by atoms with Crippen LogP contribution in [0.15, 0.2) is 57.7 Å². The van der Waals surface area contributed by atoms with Gasteiger partial charge in [0.2, 0.25) is 0 Å². The van der Waals surface area contributed by atoms with E-state index in [2.05, 4.69) is 15.9 Å². The zero-order chi connectivity index (χ0) is 14.8. The zero-order valence-corrected chi connectivity index (χ0v) is 13.0. The molecule has 0 atom stereocenters. The molecule has 1 heterocycles.